The fraction of sp³-hybridized carbons (Fsp3) is 0.167. The minimum Gasteiger partial charge on any atom is -0.489 e. The third kappa shape index (κ3) is 2.97. The number of benzene rings is 2. The van der Waals surface area contributed by atoms with Crippen LogP contribution in [0, 0.1) is 0 Å². The quantitative estimate of drug-likeness (QED) is 0.636. The molecule has 0 fully saturated rings. The van der Waals surface area contributed by atoms with Gasteiger partial charge in [0.1, 0.15) is 12.4 Å². The van der Waals surface area contributed by atoms with Gasteiger partial charge in [0.15, 0.2) is 0 Å². The normalized spacial score (nSPS) is 14.2. The van der Waals surface area contributed by atoms with E-state index in [0.29, 0.717) is 6.61 Å². The zero-order chi connectivity index (χ0) is 14.7. The summed E-state index contributed by atoms with van der Waals surface area (Å²) in [4.78, 5) is 11.2. The highest BCUT2D eigenvalue weighted by atomic mass is 16.5. The van der Waals surface area contributed by atoms with Gasteiger partial charge in [0.25, 0.3) is 0 Å². The van der Waals surface area contributed by atoms with Crippen molar-refractivity contribution in [1.29, 1.82) is 0 Å². The molecule has 0 aliphatic heterocycles. The van der Waals surface area contributed by atoms with Gasteiger partial charge in [-0.2, -0.15) is 0 Å². The van der Waals surface area contributed by atoms with Crippen molar-refractivity contribution in [3.05, 3.63) is 71.3 Å². The largest absolute Gasteiger partial charge is 0.489 e. The highest BCUT2D eigenvalue weighted by Gasteiger charge is 2.21. The van der Waals surface area contributed by atoms with Gasteiger partial charge in [-0.05, 0) is 40.8 Å². The van der Waals surface area contributed by atoms with Crippen molar-refractivity contribution in [3.63, 3.8) is 0 Å². The van der Waals surface area contributed by atoms with Crippen molar-refractivity contribution in [3.8, 4) is 5.75 Å². The van der Waals surface area contributed by atoms with E-state index in [4.69, 9.17) is 4.74 Å². The number of carbonyl (C=O) groups is 1. The smallest absolute Gasteiger partial charge is 0.330 e. The standard InChI is InChI=1S/C18H16O3/c1-20-18(19)11-15-9-14-10-16(7-8-17(14)15)21-12-13-5-3-2-4-6-13/h2-8,10-11H,9,12H2,1H3/b15-11+. The van der Waals surface area contributed by atoms with Crippen molar-refractivity contribution in [1.82, 2.24) is 0 Å². The van der Waals surface area contributed by atoms with E-state index in [1.807, 2.05) is 48.5 Å². The Morgan fingerprint density at radius 3 is 2.71 bits per heavy atom. The van der Waals surface area contributed by atoms with Crippen molar-refractivity contribution in [2.24, 2.45) is 0 Å². The first-order valence-electron chi connectivity index (χ1n) is 6.85. The summed E-state index contributed by atoms with van der Waals surface area (Å²) in [6.07, 6.45) is 2.33. The lowest BCUT2D eigenvalue weighted by Crippen LogP contribution is -2.10. The molecule has 3 rings (SSSR count). The third-order valence-electron chi connectivity index (χ3n) is 3.55. The lowest BCUT2D eigenvalue weighted by molar-refractivity contribution is -0.134. The van der Waals surface area contributed by atoms with E-state index in [1.165, 1.54) is 12.7 Å². The van der Waals surface area contributed by atoms with Crippen LogP contribution in [0.2, 0.25) is 0 Å². The SMILES string of the molecule is COC(=O)/C=C1\Cc2cc(OCc3ccccc3)ccc21. The molecule has 0 saturated heterocycles. The molecule has 3 heteroatoms. The van der Waals surface area contributed by atoms with Crippen LogP contribution in [0.3, 0.4) is 0 Å². The maximum Gasteiger partial charge on any atom is 0.330 e. The summed E-state index contributed by atoms with van der Waals surface area (Å²) < 4.78 is 10.4. The van der Waals surface area contributed by atoms with Gasteiger partial charge >= 0.3 is 5.97 Å². The fourth-order valence-corrected chi connectivity index (χ4v) is 2.38. The second-order valence-corrected chi connectivity index (χ2v) is 4.96. The number of fused-ring (bicyclic) bond motifs is 1. The molecule has 0 heterocycles. The minimum atomic E-state index is -0.306. The van der Waals surface area contributed by atoms with Gasteiger partial charge in [-0.15, -0.1) is 0 Å². The number of hydrogen-bond acceptors (Lipinski definition) is 3. The Hall–Kier alpha value is -2.55. The molecule has 106 valence electrons. The van der Waals surface area contributed by atoms with E-state index in [-0.39, 0.29) is 5.97 Å². The molecule has 1 aliphatic rings. The van der Waals surface area contributed by atoms with Crippen LogP contribution in [0.4, 0.5) is 0 Å². The summed E-state index contributed by atoms with van der Waals surface area (Å²) in [7, 11) is 1.39. The molecule has 0 atom stereocenters. The van der Waals surface area contributed by atoms with Gasteiger partial charge in [-0.25, -0.2) is 4.79 Å². The summed E-state index contributed by atoms with van der Waals surface area (Å²) in [6, 6.07) is 16.0. The molecule has 0 bridgehead atoms. The summed E-state index contributed by atoms with van der Waals surface area (Å²) in [5.74, 6) is 0.551. The highest BCUT2D eigenvalue weighted by Crippen LogP contribution is 2.36. The summed E-state index contributed by atoms with van der Waals surface area (Å²) in [6.45, 7) is 0.560. The third-order valence-corrected chi connectivity index (χ3v) is 3.55. The van der Waals surface area contributed by atoms with Gasteiger partial charge in [-0.3, -0.25) is 0 Å². The van der Waals surface area contributed by atoms with Gasteiger partial charge in [0.2, 0.25) is 0 Å². The maximum atomic E-state index is 11.2. The molecule has 2 aromatic rings. The Balaban J connectivity index is 1.67. The van der Waals surface area contributed by atoms with E-state index in [9.17, 15) is 4.79 Å². The summed E-state index contributed by atoms with van der Waals surface area (Å²) >= 11 is 0. The fourth-order valence-electron chi connectivity index (χ4n) is 2.38. The monoisotopic (exact) mass is 280 g/mol. The lowest BCUT2D eigenvalue weighted by atomic mass is 9.82. The Kier molecular flexibility index (Phi) is 3.73. The van der Waals surface area contributed by atoms with Crippen LogP contribution in [-0.2, 0) is 22.6 Å². The predicted octanol–water partition coefficient (Wildman–Crippen LogP) is 3.38. The maximum absolute atomic E-state index is 11.2. The molecular weight excluding hydrogens is 264 g/mol. The summed E-state index contributed by atoms with van der Waals surface area (Å²) in [5, 5.41) is 0. The predicted molar refractivity (Wildman–Crippen MR) is 80.9 cm³/mol. The topological polar surface area (TPSA) is 35.5 Å². The number of carbonyl (C=O) groups excluding carboxylic acids is 1. The van der Waals surface area contributed by atoms with E-state index in [1.54, 1.807) is 6.08 Å². The van der Waals surface area contributed by atoms with Crippen molar-refractivity contribution in [2.45, 2.75) is 13.0 Å². The Labute approximate surface area is 123 Å². The van der Waals surface area contributed by atoms with Crippen LogP contribution >= 0.6 is 0 Å². The number of rotatable bonds is 4. The Morgan fingerprint density at radius 1 is 1.19 bits per heavy atom. The van der Waals surface area contributed by atoms with E-state index >= 15 is 0 Å². The molecule has 0 unspecified atom stereocenters. The molecule has 21 heavy (non-hydrogen) atoms. The molecule has 3 nitrogen and oxygen atoms in total. The molecule has 2 aromatic carbocycles. The van der Waals surface area contributed by atoms with Crippen LogP contribution in [-0.4, -0.2) is 13.1 Å². The first-order valence-corrected chi connectivity index (χ1v) is 6.85. The first kappa shape index (κ1) is 13.4. The molecule has 0 spiro atoms. The molecule has 0 saturated carbocycles. The Morgan fingerprint density at radius 2 is 2.00 bits per heavy atom. The van der Waals surface area contributed by atoms with Gasteiger partial charge in [0.05, 0.1) is 7.11 Å². The second-order valence-electron chi connectivity index (χ2n) is 4.96. The van der Waals surface area contributed by atoms with Crippen molar-refractivity contribution < 1.29 is 14.3 Å². The number of hydrogen-bond donors (Lipinski definition) is 0. The van der Waals surface area contributed by atoms with Crippen molar-refractivity contribution >= 4 is 11.5 Å². The first-order chi connectivity index (χ1) is 10.3. The van der Waals surface area contributed by atoms with Crippen LogP contribution < -0.4 is 4.74 Å². The van der Waals surface area contributed by atoms with E-state index < -0.39 is 0 Å². The van der Waals surface area contributed by atoms with Gasteiger partial charge < -0.3 is 9.47 Å². The minimum absolute atomic E-state index is 0.306. The van der Waals surface area contributed by atoms with Gasteiger partial charge in [-0.1, -0.05) is 36.4 Å². The second kappa shape index (κ2) is 5.83. The van der Waals surface area contributed by atoms with Crippen LogP contribution in [0.1, 0.15) is 16.7 Å². The average Bonchev–Trinajstić information content (AvgIpc) is 2.51. The van der Waals surface area contributed by atoms with Gasteiger partial charge in [0, 0.05) is 6.08 Å². The van der Waals surface area contributed by atoms with Crippen LogP contribution in [0.15, 0.2) is 54.6 Å². The summed E-state index contributed by atoms with van der Waals surface area (Å²) in [5.41, 5.74) is 4.47. The molecule has 1 aliphatic carbocycles. The zero-order valence-corrected chi connectivity index (χ0v) is 11.8. The molecule has 0 aromatic heterocycles. The zero-order valence-electron chi connectivity index (χ0n) is 11.8. The number of allylic oxidation sites excluding steroid dienone is 1. The van der Waals surface area contributed by atoms with E-state index in [0.717, 1.165) is 28.9 Å². The molecule has 0 amide bonds. The number of ether oxygens (including phenoxy) is 2. The van der Waals surface area contributed by atoms with Crippen LogP contribution in [0.5, 0.6) is 5.75 Å². The lowest BCUT2D eigenvalue weighted by Gasteiger charge is -2.23. The number of methoxy groups -OCH3 is 1. The molecular formula is C18H16O3. The molecule has 0 radical (unpaired) electrons. The number of esters is 1. The Bertz CT molecular complexity index is 687. The average molecular weight is 280 g/mol. The highest BCUT2D eigenvalue weighted by molar-refractivity contribution is 5.95. The van der Waals surface area contributed by atoms with Crippen molar-refractivity contribution in [2.75, 3.05) is 7.11 Å². The molecule has 0 N–H and O–H groups in total. The van der Waals surface area contributed by atoms with E-state index in [2.05, 4.69) is 4.74 Å². The van der Waals surface area contributed by atoms with Crippen LogP contribution in [0.25, 0.3) is 5.57 Å².